The van der Waals surface area contributed by atoms with Crippen LogP contribution in [0.4, 0.5) is 0 Å². The molecule has 0 spiro atoms. The van der Waals surface area contributed by atoms with E-state index in [1.54, 1.807) is 14.2 Å². The van der Waals surface area contributed by atoms with E-state index in [-0.39, 0.29) is 0 Å². The van der Waals surface area contributed by atoms with Crippen molar-refractivity contribution in [1.82, 2.24) is 4.58 Å². The van der Waals surface area contributed by atoms with Gasteiger partial charge in [0.25, 0.3) is 0 Å². The van der Waals surface area contributed by atoms with Crippen molar-refractivity contribution in [2.24, 2.45) is 0 Å². The summed E-state index contributed by atoms with van der Waals surface area (Å²) in [6.45, 7) is 0. The molecule has 1 aliphatic carbocycles. The van der Waals surface area contributed by atoms with Gasteiger partial charge in [0.2, 0.25) is 5.36 Å². The van der Waals surface area contributed by atoms with Crippen molar-refractivity contribution in [2.75, 3.05) is 28.3 Å². The first-order chi connectivity index (χ1) is 13.1. The number of fused-ring (bicyclic) bond motifs is 2. The predicted molar refractivity (Wildman–Crippen MR) is 114 cm³/mol. The average molecular weight is 377 g/mol. The Kier molecular flexibility index (Phi) is 4.58. The predicted octanol–water partition coefficient (Wildman–Crippen LogP) is 4.72. The topological polar surface area (TPSA) is 21.5 Å². The second-order valence-electron chi connectivity index (χ2n) is 6.62. The Morgan fingerprint density at radius 2 is 1.59 bits per heavy atom. The summed E-state index contributed by atoms with van der Waals surface area (Å²) in [5, 5.41) is 2.45. The number of ether oxygens (including phenoxy) is 2. The van der Waals surface area contributed by atoms with Gasteiger partial charge in [-0.3, -0.25) is 0 Å². The summed E-state index contributed by atoms with van der Waals surface area (Å²) in [5.41, 5.74) is 3.60. The minimum Gasteiger partial charge on any atom is -0.493 e. The zero-order chi connectivity index (χ0) is 19.0. The van der Waals surface area contributed by atoms with Crippen LogP contribution in [0.3, 0.4) is 0 Å². The van der Waals surface area contributed by atoms with Crippen LogP contribution < -0.4 is 19.4 Å². The van der Waals surface area contributed by atoms with Gasteiger partial charge in [0.1, 0.15) is 14.1 Å². The van der Waals surface area contributed by atoms with Crippen molar-refractivity contribution in [3.05, 3.63) is 66.0 Å². The first-order valence-electron chi connectivity index (χ1n) is 8.80. The first kappa shape index (κ1) is 17.6. The fourth-order valence-electron chi connectivity index (χ4n) is 3.41. The number of nitrogens with zero attached hydrogens (tertiary/aromatic N) is 1. The van der Waals surface area contributed by atoms with E-state index >= 15 is 0 Å². The van der Waals surface area contributed by atoms with Crippen molar-refractivity contribution < 1.29 is 9.47 Å². The molecule has 1 aliphatic heterocycles. The lowest BCUT2D eigenvalue weighted by Gasteiger charge is -2.16. The summed E-state index contributed by atoms with van der Waals surface area (Å²) >= 11 is 1.83. The quantitative estimate of drug-likeness (QED) is 0.381. The minimum absolute atomic E-state index is 0.739. The summed E-state index contributed by atoms with van der Waals surface area (Å²) in [6, 6.07) is 21.4. The lowest BCUT2D eigenvalue weighted by Crippen LogP contribution is -2.21. The zero-order valence-electron chi connectivity index (χ0n) is 15.9. The molecule has 0 fully saturated rings. The molecule has 0 bridgehead atoms. The molecule has 0 saturated carbocycles. The average Bonchev–Trinajstić information content (AvgIpc) is 2.70. The highest BCUT2D eigenvalue weighted by Crippen LogP contribution is 2.44. The molecule has 0 saturated heterocycles. The summed E-state index contributed by atoms with van der Waals surface area (Å²) in [5.74, 6) is 1.48. The number of rotatable bonds is 3. The van der Waals surface area contributed by atoms with Gasteiger partial charge in [0.05, 0.1) is 14.2 Å². The van der Waals surface area contributed by atoms with Crippen LogP contribution in [0, 0.1) is 0 Å². The SMILES string of the molecule is COc1ccc(-c2c3ccc(=[N+](C)C)cc-3sc3ccccc23)cc1OC. The van der Waals surface area contributed by atoms with Gasteiger partial charge in [-0.05, 0) is 35.4 Å². The van der Waals surface area contributed by atoms with E-state index in [1.165, 1.54) is 31.4 Å². The fraction of sp³-hybridized carbons (Fsp3) is 0.174. The summed E-state index contributed by atoms with van der Waals surface area (Å²) in [7, 11) is 7.48. The summed E-state index contributed by atoms with van der Waals surface area (Å²) in [4.78, 5) is 1.27. The van der Waals surface area contributed by atoms with Crippen molar-refractivity contribution in [2.45, 2.75) is 0 Å². The molecule has 0 amide bonds. The second-order valence-corrected chi connectivity index (χ2v) is 7.70. The van der Waals surface area contributed by atoms with Crippen molar-refractivity contribution in [3.63, 3.8) is 0 Å². The molecule has 0 atom stereocenters. The van der Waals surface area contributed by atoms with Crippen molar-refractivity contribution >= 4 is 21.4 Å². The molecule has 1 heterocycles. The molecule has 0 N–H and O–H groups in total. The minimum atomic E-state index is 0.739. The largest absolute Gasteiger partial charge is 0.493 e. The smallest absolute Gasteiger partial charge is 0.200 e. The molecule has 4 heteroatoms. The van der Waals surface area contributed by atoms with E-state index in [9.17, 15) is 0 Å². The molecule has 2 aromatic rings. The third-order valence-electron chi connectivity index (χ3n) is 4.80. The van der Waals surface area contributed by atoms with Crippen LogP contribution in [0.25, 0.3) is 31.7 Å². The van der Waals surface area contributed by atoms with Gasteiger partial charge in [0, 0.05) is 32.7 Å². The lowest BCUT2D eigenvalue weighted by atomic mass is 9.95. The van der Waals surface area contributed by atoms with Gasteiger partial charge in [-0.1, -0.05) is 24.3 Å². The monoisotopic (exact) mass is 376 g/mol. The van der Waals surface area contributed by atoms with Crippen LogP contribution in [-0.4, -0.2) is 28.3 Å². The highest BCUT2D eigenvalue weighted by Gasteiger charge is 2.17. The molecular formula is C23H22NO2S+. The zero-order valence-corrected chi connectivity index (χ0v) is 16.8. The molecule has 0 aromatic heterocycles. The molecule has 4 rings (SSSR count). The maximum atomic E-state index is 5.54. The molecule has 3 nitrogen and oxygen atoms in total. The van der Waals surface area contributed by atoms with Crippen LogP contribution in [0.2, 0.25) is 0 Å². The Bertz CT molecular complexity index is 1170. The van der Waals surface area contributed by atoms with Gasteiger partial charge in [-0.2, -0.15) is 0 Å². The Labute approximate surface area is 163 Å². The summed E-state index contributed by atoms with van der Waals surface area (Å²) in [6.07, 6.45) is 0. The van der Waals surface area contributed by atoms with Gasteiger partial charge >= 0.3 is 0 Å². The molecule has 0 radical (unpaired) electrons. The third kappa shape index (κ3) is 3.06. The Morgan fingerprint density at radius 3 is 2.33 bits per heavy atom. The van der Waals surface area contributed by atoms with Crippen LogP contribution in [0.1, 0.15) is 0 Å². The number of methoxy groups -OCH3 is 2. The molecular weight excluding hydrogens is 354 g/mol. The normalized spacial score (nSPS) is 11.0. The van der Waals surface area contributed by atoms with Crippen molar-refractivity contribution in [3.8, 4) is 33.1 Å². The molecule has 2 aromatic carbocycles. The van der Waals surface area contributed by atoms with Gasteiger partial charge in [-0.15, -0.1) is 11.3 Å². The third-order valence-corrected chi connectivity index (χ3v) is 5.93. The standard InChI is InChI=1S/C23H22NO2S/c1-24(2)16-10-11-18-22(14-16)27-21-8-6-5-7-17(21)23(18)15-9-12-19(25-3)20(13-15)26-4/h5-14H,1-4H3/q+1. The molecule has 27 heavy (non-hydrogen) atoms. The maximum absolute atomic E-state index is 5.54. The number of hydrogen-bond acceptors (Lipinski definition) is 3. The Hall–Kier alpha value is -2.85. The van der Waals surface area contributed by atoms with E-state index in [2.05, 4.69) is 73.3 Å². The van der Waals surface area contributed by atoms with Crippen LogP contribution >= 0.6 is 11.3 Å². The van der Waals surface area contributed by atoms with Crippen LogP contribution in [0.15, 0.2) is 60.7 Å². The maximum Gasteiger partial charge on any atom is 0.200 e. The second kappa shape index (κ2) is 7.05. The van der Waals surface area contributed by atoms with Gasteiger partial charge < -0.3 is 9.47 Å². The van der Waals surface area contributed by atoms with E-state index in [4.69, 9.17) is 9.47 Å². The number of hydrogen-bond donors (Lipinski definition) is 0. The van der Waals surface area contributed by atoms with E-state index < -0.39 is 0 Å². The number of benzene rings is 3. The van der Waals surface area contributed by atoms with Crippen LogP contribution in [-0.2, 0) is 0 Å². The van der Waals surface area contributed by atoms with E-state index in [0.29, 0.717) is 0 Å². The van der Waals surface area contributed by atoms with Crippen LogP contribution in [0.5, 0.6) is 11.5 Å². The highest BCUT2D eigenvalue weighted by atomic mass is 32.1. The molecule has 136 valence electrons. The molecule has 2 aliphatic rings. The van der Waals surface area contributed by atoms with Crippen molar-refractivity contribution in [1.29, 1.82) is 0 Å². The fourth-order valence-corrected chi connectivity index (χ4v) is 4.53. The first-order valence-corrected chi connectivity index (χ1v) is 9.62. The summed E-state index contributed by atoms with van der Waals surface area (Å²) < 4.78 is 14.4. The Balaban J connectivity index is 2.10. The lowest BCUT2D eigenvalue weighted by molar-refractivity contribution is 0.355. The Morgan fingerprint density at radius 1 is 0.815 bits per heavy atom. The molecule has 0 unspecified atom stereocenters. The van der Waals surface area contributed by atoms with Gasteiger partial charge in [-0.25, -0.2) is 4.58 Å². The van der Waals surface area contributed by atoms with E-state index in [1.807, 2.05) is 17.4 Å². The van der Waals surface area contributed by atoms with E-state index in [0.717, 1.165) is 17.1 Å². The highest BCUT2D eigenvalue weighted by molar-refractivity contribution is 7.21. The van der Waals surface area contributed by atoms with Gasteiger partial charge in [0.15, 0.2) is 11.5 Å².